The number of carboxylic acid groups (broad SMARTS) is 1. The predicted octanol–water partition coefficient (Wildman–Crippen LogP) is 1.27. The molecule has 3 rings (SSSR count). The van der Waals surface area contributed by atoms with Crippen LogP contribution >= 0.6 is 0 Å². The van der Waals surface area contributed by atoms with E-state index in [4.69, 9.17) is 9.15 Å². The molecule has 0 aliphatic carbocycles. The Kier molecular flexibility index (Phi) is 5.61. The Morgan fingerprint density at radius 2 is 2.04 bits per heavy atom. The molecule has 2 aliphatic rings. The summed E-state index contributed by atoms with van der Waals surface area (Å²) in [6, 6.07) is 2.61. The van der Waals surface area contributed by atoms with Crippen molar-refractivity contribution in [2.24, 2.45) is 5.41 Å². The van der Waals surface area contributed by atoms with E-state index in [0.717, 1.165) is 12.8 Å². The zero-order chi connectivity index (χ0) is 18.6. The van der Waals surface area contributed by atoms with Crippen LogP contribution in [0.15, 0.2) is 22.8 Å². The number of carboxylic acids is 1. The minimum atomic E-state index is -1.00. The number of furan rings is 1. The van der Waals surface area contributed by atoms with Crippen molar-refractivity contribution in [3.63, 3.8) is 0 Å². The molecule has 2 aliphatic heterocycles. The molecule has 2 N–H and O–H groups in total. The third-order valence-corrected chi connectivity index (χ3v) is 5.30. The van der Waals surface area contributed by atoms with E-state index in [0.29, 0.717) is 39.0 Å². The van der Waals surface area contributed by atoms with Crippen molar-refractivity contribution in [1.82, 2.24) is 10.2 Å². The fourth-order valence-corrected chi connectivity index (χ4v) is 3.59. The quantitative estimate of drug-likeness (QED) is 0.814. The van der Waals surface area contributed by atoms with Crippen LogP contribution in [0.3, 0.4) is 0 Å². The van der Waals surface area contributed by atoms with E-state index < -0.39 is 17.4 Å². The third kappa shape index (κ3) is 3.75. The summed E-state index contributed by atoms with van der Waals surface area (Å²) in [5, 5.41) is 12.4. The number of amides is 2. The predicted molar refractivity (Wildman–Crippen MR) is 90.5 cm³/mol. The number of hydrogen-bond donors (Lipinski definition) is 2. The smallest absolute Gasteiger partial charge is 0.311 e. The normalized spacial score (nSPS) is 22.6. The van der Waals surface area contributed by atoms with Gasteiger partial charge in [0.15, 0.2) is 5.76 Å². The van der Waals surface area contributed by atoms with Crippen LogP contribution in [0.5, 0.6) is 0 Å². The second-order valence-electron chi connectivity index (χ2n) is 6.90. The third-order valence-electron chi connectivity index (χ3n) is 5.30. The first-order chi connectivity index (χ1) is 12.5. The first-order valence-electron chi connectivity index (χ1n) is 8.97. The lowest BCUT2D eigenvalue weighted by Gasteiger charge is -2.36. The Bertz CT molecular complexity index is 651. The Labute approximate surface area is 151 Å². The molecule has 2 amide bonds. The van der Waals surface area contributed by atoms with Gasteiger partial charge in [0.05, 0.1) is 11.7 Å². The Morgan fingerprint density at radius 3 is 2.69 bits per heavy atom. The molecule has 8 heteroatoms. The van der Waals surface area contributed by atoms with E-state index in [9.17, 15) is 19.5 Å². The first kappa shape index (κ1) is 18.4. The van der Waals surface area contributed by atoms with Gasteiger partial charge in [-0.15, -0.1) is 0 Å². The van der Waals surface area contributed by atoms with Crippen LogP contribution in [0.2, 0.25) is 0 Å². The van der Waals surface area contributed by atoms with Crippen molar-refractivity contribution < 1.29 is 28.6 Å². The molecule has 8 nitrogen and oxygen atoms in total. The zero-order valence-corrected chi connectivity index (χ0v) is 14.6. The summed E-state index contributed by atoms with van der Waals surface area (Å²) >= 11 is 0. The molecule has 1 atom stereocenters. The Balaban J connectivity index is 1.66. The van der Waals surface area contributed by atoms with Crippen molar-refractivity contribution >= 4 is 17.8 Å². The van der Waals surface area contributed by atoms with Crippen molar-refractivity contribution in [2.45, 2.75) is 38.1 Å². The SMILES string of the molecule is O=C(NCC1(C(=O)O)CCOCC1)C1CCCCN1C(=O)c1ccco1. The summed E-state index contributed by atoms with van der Waals surface area (Å²) in [5.74, 6) is -1.34. The summed E-state index contributed by atoms with van der Waals surface area (Å²) in [6.45, 7) is 1.27. The maximum atomic E-state index is 12.7. The van der Waals surface area contributed by atoms with Crippen molar-refractivity contribution in [1.29, 1.82) is 0 Å². The minimum Gasteiger partial charge on any atom is -0.481 e. The van der Waals surface area contributed by atoms with Gasteiger partial charge in [0.2, 0.25) is 5.91 Å². The van der Waals surface area contributed by atoms with E-state index in [1.165, 1.54) is 11.2 Å². The summed E-state index contributed by atoms with van der Waals surface area (Å²) in [6.07, 6.45) is 4.38. The second kappa shape index (κ2) is 7.90. The second-order valence-corrected chi connectivity index (χ2v) is 6.90. The molecule has 1 aromatic heterocycles. The molecule has 142 valence electrons. The van der Waals surface area contributed by atoms with Crippen LogP contribution in [-0.2, 0) is 14.3 Å². The number of carbonyl (C=O) groups is 3. The minimum absolute atomic E-state index is 0.0454. The zero-order valence-electron chi connectivity index (χ0n) is 14.6. The highest BCUT2D eigenvalue weighted by atomic mass is 16.5. The molecule has 0 aromatic carbocycles. The lowest BCUT2D eigenvalue weighted by Crippen LogP contribution is -2.54. The number of piperidine rings is 1. The Hall–Kier alpha value is -2.35. The highest BCUT2D eigenvalue weighted by molar-refractivity contribution is 5.95. The number of rotatable bonds is 5. The molecule has 0 spiro atoms. The molecule has 0 radical (unpaired) electrons. The van der Waals surface area contributed by atoms with Gasteiger partial charge in [-0.3, -0.25) is 14.4 Å². The van der Waals surface area contributed by atoms with Crippen LogP contribution in [0.1, 0.15) is 42.7 Å². The Morgan fingerprint density at radius 1 is 1.27 bits per heavy atom. The number of hydrogen-bond acceptors (Lipinski definition) is 5. The fourth-order valence-electron chi connectivity index (χ4n) is 3.59. The summed E-state index contributed by atoms with van der Waals surface area (Å²) < 4.78 is 10.4. The van der Waals surface area contributed by atoms with Crippen LogP contribution in [0.25, 0.3) is 0 Å². The van der Waals surface area contributed by atoms with Gasteiger partial charge in [0, 0.05) is 26.3 Å². The molecule has 0 saturated carbocycles. The van der Waals surface area contributed by atoms with Gasteiger partial charge in [-0.05, 0) is 44.2 Å². The van der Waals surface area contributed by atoms with E-state index in [-0.39, 0.29) is 24.1 Å². The topological polar surface area (TPSA) is 109 Å². The van der Waals surface area contributed by atoms with E-state index in [1.807, 2.05) is 0 Å². The summed E-state index contributed by atoms with van der Waals surface area (Å²) in [7, 11) is 0. The highest BCUT2D eigenvalue weighted by Gasteiger charge is 2.41. The number of ether oxygens (including phenoxy) is 1. The first-order valence-corrected chi connectivity index (χ1v) is 8.97. The largest absolute Gasteiger partial charge is 0.481 e. The van der Waals surface area contributed by atoms with Crippen LogP contribution < -0.4 is 5.32 Å². The van der Waals surface area contributed by atoms with E-state index in [1.54, 1.807) is 12.1 Å². The van der Waals surface area contributed by atoms with Gasteiger partial charge < -0.3 is 24.5 Å². The van der Waals surface area contributed by atoms with Crippen LogP contribution in [0.4, 0.5) is 0 Å². The summed E-state index contributed by atoms with van der Waals surface area (Å²) in [4.78, 5) is 38.6. The molecule has 2 saturated heterocycles. The maximum Gasteiger partial charge on any atom is 0.311 e. The molecule has 26 heavy (non-hydrogen) atoms. The molecule has 1 aromatic rings. The molecular weight excluding hydrogens is 340 g/mol. The fraction of sp³-hybridized carbons (Fsp3) is 0.611. The highest BCUT2D eigenvalue weighted by Crippen LogP contribution is 2.30. The molecule has 1 unspecified atom stereocenters. The average Bonchev–Trinajstić information content (AvgIpc) is 3.21. The number of carbonyl (C=O) groups excluding carboxylic acids is 2. The van der Waals surface area contributed by atoms with Crippen LogP contribution in [0, 0.1) is 5.41 Å². The average molecular weight is 364 g/mol. The van der Waals surface area contributed by atoms with Crippen molar-refractivity contribution in [3.8, 4) is 0 Å². The van der Waals surface area contributed by atoms with Gasteiger partial charge >= 0.3 is 5.97 Å². The molecule has 0 bridgehead atoms. The standard InChI is InChI=1S/C18H24N2O6/c21-15(19-12-18(17(23)24)6-10-25-11-7-18)13-4-1-2-8-20(13)16(22)14-5-3-9-26-14/h3,5,9,13H,1-2,4,6-8,10-12H2,(H,19,21)(H,23,24). The van der Waals surface area contributed by atoms with Gasteiger partial charge in [-0.2, -0.15) is 0 Å². The van der Waals surface area contributed by atoms with E-state index in [2.05, 4.69) is 5.32 Å². The van der Waals surface area contributed by atoms with Crippen molar-refractivity contribution in [2.75, 3.05) is 26.3 Å². The van der Waals surface area contributed by atoms with E-state index >= 15 is 0 Å². The van der Waals surface area contributed by atoms with Crippen LogP contribution in [-0.4, -0.2) is 60.1 Å². The maximum absolute atomic E-state index is 12.7. The number of nitrogens with one attached hydrogen (secondary N) is 1. The lowest BCUT2D eigenvalue weighted by molar-refractivity contribution is -0.154. The number of aliphatic carboxylic acids is 1. The molecule has 3 heterocycles. The molecule has 2 fully saturated rings. The van der Waals surface area contributed by atoms with Crippen molar-refractivity contribution in [3.05, 3.63) is 24.2 Å². The van der Waals surface area contributed by atoms with Gasteiger partial charge in [-0.25, -0.2) is 0 Å². The monoisotopic (exact) mass is 364 g/mol. The van der Waals surface area contributed by atoms with Gasteiger partial charge in [0.25, 0.3) is 5.91 Å². The van der Waals surface area contributed by atoms with Gasteiger partial charge in [-0.1, -0.05) is 0 Å². The van der Waals surface area contributed by atoms with Gasteiger partial charge in [0.1, 0.15) is 6.04 Å². The number of nitrogens with zero attached hydrogens (tertiary/aromatic N) is 1. The summed E-state index contributed by atoms with van der Waals surface area (Å²) in [5.41, 5.74) is -1.00. The lowest BCUT2D eigenvalue weighted by atomic mass is 9.80. The molecular formula is C18H24N2O6. The number of likely N-dealkylation sites (tertiary alicyclic amines) is 1.